The Morgan fingerprint density at radius 1 is 1.24 bits per heavy atom. The fourth-order valence-corrected chi connectivity index (χ4v) is 3.90. The lowest BCUT2D eigenvalue weighted by Crippen LogP contribution is -2.27. The van der Waals surface area contributed by atoms with Gasteiger partial charge in [0, 0.05) is 55.9 Å². The van der Waals surface area contributed by atoms with Crippen molar-refractivity contribution in [3.63, 3.8) is 0 Å². The molecule has 0 saturated carbocycles. The quantitative estimate of drug-likeness (QED) is 0.208. The van der Waals surface area contributed by atoms with Gasteiger partial charge in [-0.2, -0.15) is 0 Å². The van der Waals surface area contributed by atoms with Crippen LogP contribution < -0.4 is 10.9 Å². The van der Waals surface area contributed by atoms with Crippen LogP contribution in [0.4, 0.5) is 4.39 Å². The minimum atomic E-state index is -0.686. The Bertz CT molecular complexity index is 1260. The molecule has 178 valence electrons. The van der Waals surface area contributed by atoms with Gasteiger partial charge < -0.3 is 19.8 Å². The van der Waals surface area contributed by atoms with E-state index < -0.39 is 17.6 Å². The molecule has 0 aliphatic heterocycles. The van der Waals surface area contributed by atoms with E-state index in [0.717, 1.165) is 0 Å². The number of carbonyl (C=O) groups is 1. The van der Waals surface area contributed by atoms with E-state index in [1.807, 2.05) is 12.1 Å². The van der Waals surface area contributed by atoms with Crippen LogP contribution in [0.15, 0.2) is 70.7 Å². The standard InChI is InChI=1S/C25H25ClFN3O4/c1-30-15-17(8-10-24(30)31)23(29-33)14-20(18-5-3-4-6-21(18)26)16-7-9-19(22(27)13-16)25(32)28-11-12-34-2/h3-10,13,15,20,33H,11-12,14H2,1-2H3,(H,28,32)/b29-23-. The summed E-state index contributed by atoms with van der Waals surface area (Å²) in [5, 5.41) is 16.3. The van der Waals surface area contributed by atoms with E-state index in [1.54, 1.807) is 37.5 Å². The Balaban J connectivity index is 1.99. The van der Waals surface area contributed by atoms with Crippen molar-refractivity contribution in [1.82, 2.24) is 9.88 Å². The highest BCUT2D eigenvalue weighted by molar-refractivity contribution is 6.31. The first-order valence-electron chi connectivity index (χ1n) is 10.5. The lowest BCUT2D eigenvalue weighted by atomic mass is 9.85. The number of rotatable bonds is 9. The number of hydrogen-bond acceptors (Lipinski definition) is 5. The minimum Gasteiger partial charge on any atom is -0.411 e. The molecule has 1 amide bonds. The van der Waals surface area contributed by atoms with Crippen molar-refractivity contribution in [1.29, 1.82) is 0 Å². The maximum atomic E-state index is 15.0. The number of nitrogens with zero attached hydrogens (tertiary/aromatic N) is 2. The molecule has 34 heavy (non-hydrogen) atoms. The van der Waals surface area contributed by atoms with Crippen molar-refractivity contribution >= 4 is 23.2 Å². The average Bonchev–Trinajstić information content (AvgIpc) is 2.82. The van der Waals surface area contributed by atoms with Crippen LogP contribution in [0.3, 0.4) is 0 Å². The molecule has 0 spiro atoms. The van der Waals surface area contributed by atoms with Crippen molar-refractivity contribution < 1.29 is 19.1 Å². The van der Waals surface area contributed by atoms with Crippen LogP contribution in [0.25, 0.3) is 0 Å². The highest BCUT2D eigenvalue weighted by Gasteiger charge is 2.23. The second kappa shape index (κ2) is 11.6. The van der Waals surface area contributed by atoms with E-state index in [9.17, 15) is 19.2 Å². The summed E-state index contributed by atoms with van der Waals surface area (Å²) in [5.74, 6) is -1.72. The van der Waals surface area contributed by atoms with E-state index in [2.05, 4.69) is 10.5 Å². The number of aromatic nitrogens is 1. The summed E-state index contributed by atoms with van der Waals surface area (Å²) in [4.78, 5) is 24.1. The van der Waals surface area contributed by atoms with Crippen molar-refractivity contribution in [2.24, 2.45) is 12.2 Å². The molecule has 0 radical (unpaired) electrons. The van der Waals surface area contributed by atoms with E-state index in [0.29, 0.717) is 34.0 Å². The van der Waals surface area contributed by atoms with Crippen molar-refractivity contribution in [3.8, 4) is 0 Å². The Morgan fingerprint density at radius 2 is 2.00 bits per heavy atom. The summed E-state index contributed by atoms with van der Waals surface area (Å²) < 4.78 is 21.3. The van der Waals surface area contributed by atoms with Crippen LogP contribution in [0.5, 0.6) is 0 Å². The largest absolute Gasteiger partial charge is 0.411 e. The third kappa shape index (κ3) is 5.89. The predicted molar refractivity (Wildman–Crippen MR) is 129 cm³/mol. The smallest absolute Gasteiger partial charge is 0.254 e. The van der Waals surface area contributed by atoms with E-state index in [1.165, 1.54) is 29.9 Å². The summed E-state index contributed by atoms with van der Waals surface area (Å²) in [7, 11) is 3.10. The van der Waals surface area contributed by atoms with Crippen LogP contribution in [0.2, 0.25) is 5.02 Å². The van der Waals surface area contributed by atoms with Crippen LogP contribution in [-0.2, 0) is 11.8 Å². The molecule has 1 unspecified atom stereocenters. The van der Waals surface area contributed by atoms with E-state index >= 15 is 0 Å². The molecule has 1 aromatic heterocycles. The topological polar surface area (TPSA) is 92.9 Å². The first-order valence-corrected chi connectivity index (χ1v) is 10.9. The zero-order chi connectivity index (χ0) is 24.7. The Kier molecular flexibility index (Phi) is 8.56. The monoisotopic (exact) mass is 485 g/mol. The number of carbonyl (C=O) groups excluding carboxylic acids is 1. The molecule has 0 aliphatic carbocycles. The third-order valence-electron chi connectivity index (χ3n) is 5.45. The third-order valence-corrected chi connectivity index (χ3v) is 5.79. The molecular weight excluding hydrogens is 461 g/mol. The van der Waals surface area contributed by atoms with Gasteiger partial charge in [0.2, 0.25) is 5.56 Å². The van der Waals surface area contributed by atoms with Gasteiger partial charge in [0.15, 0.2) is 0 Å². The molecule has 0 bridgehead atoms. The average molecular weight is 486 g/mol. The molecule has 1 heterocycles. The van der Waals surface area contributed by atoms with Crippen LogP contribution in [0.1, 0.15) is 39.4 Å². The first-order chi connectivity index (χ1) is 16.3. The number of ether oxygens (including phenoxy) is 1. The summed E-state index contributed by atoms with van der Waals surface area (Å²) in [6.45, 7) is 0.572. The molecule has 0 saturated heterocycles. The fraction of sp³-hybridized carbons (Fsp3) is 0.240. The lowest BCUT2D eigenvalue weighted by Gasteiger charge is -2.21. The number of nitrogens with one attached hydrogen (secondary N) is 1. The second-order valence-corrected chi connectivity index (χ2v) is 8.09. The number of halogens is 2. The van der Waals surface area contributed by atoms with Gasteiger partial charge >= 0.3 is 0 Å². The highest BCUT2D eigenvalue weighted by Crippen LogP contribution is 2.34. The van der Waals surface area contributed by atoms with Crippen molar-refractivity contribution in [2.45, 2.75) is 12.3 Å². The van der Waals surface area contributed by atoms with Crippen molar-refractivity contribution in [3.05, 3.63) is 104 Å². The molecule has 2 N–H and O–H groups in total. The molecule has 3 aromatic rings. The molecule has 0 aliphatic rings. The summed E-state index contributed by atoms with van der Waals surface area (Å²) in [5.41, 5.74) is 1.78. The number of pyridine rings is 1. The van der Waals surface area contributed by atoms with Gasteiger partial charge in [-0.3, -0.25) is 9.59 Å². The highest BCUT2D eigenvalue weighted by atomic mass is 35.5. The molecule has 7 nitrogen and oxygen atoms in total. The number of oxime groups is 1. The summed E-state index contributed by atoms with van der Waals surface area (Å²) in [6, 6.07) is 14.4. The maximum absolute atomic E-state index is 15.0. The van der Waals surface area contributed by atoms with Gasteiger partial charge in [0.1, 0.15) is 5.82 Å². The van der Waals surface area contributed by atoms with Gasteiger partial charge in [0.25, 0.3) is 5.91 Å². The molecule has 3 rings (SSSR count). The number of hydrogen-bond donors (Lipinski definition) is 2. The van der Waals surface area contributed by atoms with Crippen LogP contribution >= 0.6 is 11.6 Å². The molecule has 1 atom stereocenters. The fourth-order valence-electron chi connectivity index (χ4n) is 3.63. The van der Waals surface area contributed by atoms with Gasteiger partial charge in [-0.05, 0) is 35.4 Å². The Hall–Kier alpha value is -3.49. The number of benzene rings is 2. The van der Waals surface area contributed by atoms with Gasteiger partial charge in [0.05, 0.1) is 17.9 Å². The number of methoxy groups -OCH3 is 1. The predicted octanol–water partition coefficient (Wildman–Crippen LogP) is 3.95. The molecule has 9 heteroatoms. The minimum absolute atomic E-state index is 0.0909. The van der Waals surface area contributed by atoms with E-state index in [4.69, 9.17) is 16.3 Å². The van der Waals surface area contributed by atoms with Gasteiger partial charge in [-0.25, -0.2) is 4.39 Å². The van der Waals surface area contributed by atoms with Crippen LogP contribution in [0, 0.1) is 5.82 Å². The maximum Gasteiger partial charge on any atom is 0.254 e. The van der Waals surface area contributed by atoms with Gasteiger partial charge in [-0.1, -0.05) is 41.0 Å². The Labute approximate surface area is 201 Å². The molecular formula is C25H25ClFN3O4. The number of aryl methyl sites for hydroxylation is 1. The zero-order valence-corrected chi connectivity index (χ0v) is 19.6. The van der Waals surface area contributed by atoms with E-state index in [-0.39, 0.29) is 24.1 Å². The molecule has 2 aromatic carbocycles. The van der Waals surface area contributed by atoms with Gasteiger partial charge in [-0.15, -0.1) is 0 Å². The van der Waals surface area contributed by atoms with Crippen molar-refractivity contribution in [2.75, 3.05) is 20.3 Å². The zero-order valence-electron chi connectivity index (χ0n) is 18.8. The molecule has 0 fully saturated rings. The summed E-state index contributed by atoms with van der Waals surface area (Å²) in [6.07, 6.45) is 1.73. The SMILES string of the molecule is COCCNC(=O)c1ccc(C(C/C(=N/O)c2ccc(=O)n(C)c2)c2ccccc2Cl)cc1F. The number of amides is 1. The second-order valence-electron chi connectivity index (χ2n) is 7.68. The first kappa shape index (κ1) is 25.1. The summed E-state index contributed by atoms with van der Waals surface area (Å²) >= 11 is 6.46. The lowest BCUT2D eigenvalue weighted by molar-refractivity contribution is 0.0933. The van der Waals surface area contributed by atoms with Crippen LogP contribution in [-0.4, -0.2) is 41.7 Å². The Morgan fingerprint density at radius 3 is 2.65 bits per heavy atom. The normalized spacial score (nSPS) is 12.4.